The number of nitrogens with one attached hydrogen (secondary N) is 3. The largest absolute Gasteiger partial charge is 0.481 e. The van der Waals surface area contributed by atoms with Gasteiger partial charge in [0.2, 0.25) is 0 Å². The number of aliphatic carboxylic acids is 1. The number of benzene rings is 4. The molecule has 4 aromatic carbocycles. The number of rotatable bonds is 11. The Morgan fingerprint density at radius 3 is 2.20 bits per heavy atom. The normalized spacial score (nSPS) is 12.0. The van der Waals surface area contributed by atoms with Gasteiger partial charge in [-0.05, 0) is 59.2 Å². The standard InChI is InChI=1S/C29H25F2N3O5S2/c30-22-12-21(13-23(31)15-22)27(17-28(35)36)20-8-4-10-25(14-20)34-41(38,39)26-11-5-9-24(16-26)33-29(37)40-32-18-19-6-2-1-3-7-19/h1-16,27,32,34H,17-18H2,(H,33,37)(H,35,36). The van der Waals surface area contributed by atoms with Crippen molar-refractivity contribution in [1.82, 2.24) is 4.72 Å². The zero-order chi connectivity index (χ0) is 29.4. The van der Waals surface area contributed by atoms with E-state index in [0.29, 0.717) is 18.2 Å². The molecule has 0 aliphatic heterocycles. The van der Waals surface area contributed by atoms with E-state index in [1.54, 1.807) is 12.1 Å². The lowest BCUT2D eigenvalue weighted by Crippen LogP contribution is -2.15. The zero-order valence-corrected chi connectivity index (χ0v) is 23.0. The van der Waals surface area contributed by atoms with Gasteiger partial charge in [0.15, 0.2) is 0 Å². The summed E-state index contributed by atoms with van der Waals surface area (Å²) >= 11 is 0.836. The minimum Gasteiger partial charge on any atom is -0.481 e. The summed E-state index contributed by atoms with van der Waals surface area (Å²) in [7, 11) is -4.13. The topological polar surface area (TPSA) is 125 Å². The number of halogens is 2. The van der Waals surface area contributed by atoms with Crippen molar-refractivity contribution in [3.05, 3.63) is 125 Å². The van der Waals surface area contributed by atoms with Crippen LogP contribution in [0.5, 0.6) is 0 Å². The summed E-state index contributed by atoms with van der Waals surface area (Å²) in [6.07, 6.45) is -0.473. The number of hydrogen-bond donors (Lipinski definition) is 4. The van der Waals surface area contributed by atoms with E-state index >= 15 is 0 Å². The molecule has 0 aromatic heterocycles. The van der Waals surface area contributed by atoms with Gasteiger partial charge in [-0.3, -0.25) is 19.0 Å². The Hall–Kier alpha value is -4.26. The Balaban J connectivity index is 1.47. The third kappa shape index (κ3) is 8.61. The molecule has 8 nitrogen and oxygen atoms in total. The highest BCUT2D eigenvalue weighted by Crippen LogP contribution is 2.31. The van der Waals surface area contributed by atoms with E-state index in [4.69, 9.17) is 0 Å². The molecule has 0 radical (unpaired) electrons. The quantitative estimate of drug-likeness (QED) is 0.149. The number of carbonyl (C=O) groups is 2. The van der Waals surface area contributed by atoms with Crippen LogP contribution in [0.15, 0.2) is 102 Å². The van der Waals surface area contributed by atoms with Gasteiger partial charge in [-0.1, -0.05) is 48.5 Å². The van der Waals surface area contributed by atoms with E-state index in [2.05, 4.69) is 14.8 Å². The van der Waals surface area contributed by atoms with E-state index in [-0.39, 0.29) is 21.8 Å². The van der Waals surface area contributed by atoms with Crippen molar-refractivity contribution in [1.29, 1.82) is 0 Å². The number of carboxylic acid groups (broad SMARTS) is 1. The molecule has 1 amide bonds. The molecule has 0 heterocycles. The first-order chi connectivity index (χ1) is 19.6. The average Bonchev–Trinajstić information content (AvgIpc) is 2.92. The summed E-state index contributed by atoms with van der Waals surface area (Å²) in [5, 5.41) is 11.6. The molecule has 41 heavy (non-hydrogen) atoms. The number of amides is 1. The number of anilines is 2. The summed E-state index contributed by atoms with van der Waals surface area (Å²) in [6, 6.07) is 23.9. The molecular weight excluding hydrogens is 572 g/mol. The summed E-state index contributed by atoms with van der Waals surface area (Å²) in [6.45, 7) is 0.456. The molecule has 4 rings (SSSR count). The van der Waals surface area contributed by atoms with Crippen LogP contribution < -0.4 is 14.8 Å². The van der Waals surface area contributed by atoms with E-state index in [0.717, 1.165) is 29.6 Å². The lowest BCUT2D eigenvalue weighted by Gasteiger charge is -2.18. The number of carboxylic acids is 1. The maximum Gasteiger partial charge on any atom is 0.304 e. The summed E-state index contributed by atoms with van der Waals surface area (Å²) in [5.74, 6) is -3.85. The van der Waals surface area contributed by atoms with Gasteiger partial charge in [0.05, 0.1) is 11.3 Å². The van der Waals surface area contributed by atoms with Gasteiger partial charge in [-0.25, -0.2) is 17.2 Å². The second-order valence-electron chi connectivity index (χ2n) is 8.93. The van der Waals surface area contributed by atoms with Crippen molar-refractivity contribution in [2.24, 2.45) is 0 Å². The Labute approximate surface area is 240 Å². The minimum absolute atomic E-state index is 0.101. The highest BCUT2D eigenvalue weighted by molar-refractivity contribution is 8.12. The van der Waals surface area contributed by atoms with Crippen molar-refractivity contribution in [2.45, 2.75) is 23.8 Å². The van der Waals surface area contributed by atoms with Crippen LogP contribution in [0.3, 0.4) is 0 Å². The zero-order valence-electron chi connectivity index (χ0n) is 21.4. The molecule has 1 unspecified atom stereocenters. The molecule has 0 aliphatic rings. The van der Waals surface area contributed by atoms with Crippen molar-refractivity contribution in [3.63, 3.8) is 0 Å². The first-order valence-corrected chi connectivity index (χ1v) is 14.5. The van der Waals surface area contributed by atoms with Crippen molar-refractivity contribution in [2.75, 3.05) is 10.0 Å². The molecule has 0 saturated heterocycles. The molecule has 12 heteroatoms. The fourth-order valence-corrected chi connectivity index (χ4v) is 5.71. The molecule has 0 saturated carbocycles. The second-order valence-corrected chi connectivity index (χ2v) is 11.5. The van der Waals surface area contributed by atoms with Crippen LogP contribution in [-0.2, 0) is 21.4 Å². The lowest BCUT2D eigenvalue weighted by atomic mass is 9.88. The summed E-state index contributed by atoms with van der Waals surface area (Å²) in [5.41, 5.74) is 1.82. The highest BCUT2D eigenvalue weighted by Gasteiger charge is 2.21. The number of hydrogen-bond acceptors (Lipinski definition) is 6. The fourth-order valence-electron chi connectivity index (χ4n) is 4.08. The fraction of sp³-hybridized carbons (Fsp3) is 0.103. The Morgan fingerprint density at radius 1 is 0.805 bits per heavy atom. The number of sulfonamides is 1. The minimum atomic E-state index is -4.13. The van der Waals surface area contributed by atoms with Crippen molar-refractivity contribution in [3.8, 4) is 0 Å². The van der Waals surface area contributed by atoms with Gasteiger partial charge in [-0.2, -0.15) is 0 Å². The first kappa shape index (κ1) is 29.7. The molecule has 212 valence electrons. The van der Waals surface area contributed by atoms with Crippen LogP contribution in [0.2, 0.25) is 0 Å². The molecule has 4 aromatic rings. The van der Waals surface area contributed by atoms with Gasteiger partial charge in [-0.15, -0.1) is 0 Å². The van der Waals surface area contributed by atoms with Crippen LogP contribution in [0.4, 0.5) is 25.0 Å². The summed E-state index contributed by atoms with van der Waals surface area (Å²) in [4.78, 5) is 23.7. The Bertz CT molecular complexity index is 1630. The third-order valence-electron chi connectivity index (χ3n) is 5.88. The molecule has 0 spiro atoms. The van der Waals surface area contributed by atoms with Crippen LogP contribution in [0, 0.1) is 11.6 Å². The molecule has 0 fully saturated rings. The number of carbonyl (C=O) groups excluding carboxylic acids is 1. The van der Waals surface area contributed by atoms with Crippen LogP contribution in [0.25, 0.3) is 0 Å². The molecular formula is C29H25F2N3O5S2. The summed E-state index contributed by atoms with van der Waals surface area (Å²) < 4.78 is 59.4. The molecule has 0 bridgehead atoms. The molecule has 0 aliphatic carbocycles. The van der Waals surface area contributed by atoms with Gasteiger partial charge in [0, 0.05) is 41.9 Å². The second kappa shape index (κ2) is 13.4. The SMILES string of the molecule is O=C(O)CC(c1cc(F)cc(F)c1)c1cccc(NS(=O)(=O)c2cccc(NC(=O)SNCc3ccccc3)c2)c1. The van der Waals surface area contributed by atoms with Crippen LogP contribution in [-0.4, -0.2) is 24.7 Å². The smallest absolute Gasteiger partial charge is 0.304 e. The van der Waals surface area contributed by atoms with Crippen LogP contribution >= 0.6 is 11.9 Å². The third-order valence-corrected chi connectivity index (χ3v) is 7.84. The molecule has 1 atom stereocenters. The first-order valence-electron chi connectivity index (χ1n) is 12.2. The average molecular weight is 598 g/mol. The van der Waals surface area contributed by atoms with E-state index in [1.165, 1.54) is 36.4 Å². The van der Waals surface area contributed by atoms with Gasteiger partial charge < -0.3 is 10.4 Å². The van der Waals surface area contributed by atoms with Gasteiger partial charge in [0.1, 0.15) is 11.6 Å². The van der Waals surface area contributed by atoms with Crippen molar-refractivity contribution >= 4 is 44.6 Å². The Kier molecular flexibility index (Phi) is 9.71. The molecule has 4 N–H and O–H groups in total. The highest BCUT2D eigenvalue weighted by atomic mass is 32.2. The predicted molar refractivity (Wildman–Crippen MR) is 154 cm³/mol. The van der Waals surface area contributed by atoms with E-state index in [1.807, 2.05) is 30.3 Å². The lowest BCUT2D eigenvalue weighted by molar-refractivity contribution is -0.137. The van der Waals surface area contributed by atoms with Crippen molar-refractivity contribution < 1.29 is 31.9 Å². The maximum absolute atomic E-state index is 13.9. The van der Waals surface area contributed by atoms with Gasteiger partial charge in [0.25, 0.3) is 15.3 Å². The monoisotopic (exact) mass is 597 g/mol. The Morgan fingerprint density at radius 2 is 1.49 bits per heavy atom. The van der Waals surface area contributed by atoms with Crippen LogP contribution in [0.1, 0.15) is 29.0 Å². The van der Waals surface area contributed by atoms with E-state index < -0.39 is 45.2 Å². The van der Waals surface area contributed by atoms with E-state index in [9.17, 15) is 31.9 Å². The predicted octanol–water partition coefficient (Wildman–Crippen LogP) is 6.34. The van der Waals surface area contributed by atoms with Gasteiger partial charge >= 0.3 is 5.97 Å². The maximum atomic E-state index is 13.9.